The van der Waals surface area contributed by atoms with Crippen molar-refractivity contribution in [3.63, 3.8) is 0 Å². The zero-order valence-electron chi connectivity index (χ0n) is 18.6. The van der Waals surface area contributed by atoms with Gasteiger partial charge in [0, 0.05) is 23.7 Å². The van der Waals surface area contributed by atoms with Crippen LogP contribution >= 0.6 is 11.6 Å². The normalized spacial score (nSPS) is 12.2. The minimum Gasteiger partial charge on any atom is -0.377 e. The van der Waals surface area contributed by atoms with Gasteiger partial charge in [-0.1, -0.05) is 35.9 Å². The molecule has 4 aromatic rings. The van der Waals surface area contributed by atoms with E-state index in [1.807, 2.05) is 19.9 Å². The molecular formula is C25H21ClF2N4O2. The molecule has 1 N–H and O–H groups in total. The Morgan fingerprint density at radius 1 is 1.12 bits per heavy atom. The van der Waals surface area contributed by atoms with Gasteiger partial charge >= 0.3 is 0 Å². The molecule has 9 heteroatoms. The van der Waals surface area contributed by atoms with Gasteiger partial charge in [0.25, 0.3) is 12.0 Å². The lowest BCUT2D eigenvalue weighted by Crippen LogP contribution is -2.22. The van der Waals surface area contributed by atoms with Gasteiger partial charge in [-0.05, 0) is 43.7 Å². The molecule has 0 amide bonds. The molecule has 0 aliphatic carbocycles. The third-order valence-corrected chi connectivity index (χ3v) is 5.80. The standard InChI is InChI=1S/C25H21ClF2N4O2/c1-13-9-17(14(2)29-19-7-8-21(26)30-20(19)12-33)22-18(10-13)25(34)32(3)24(31-22)16-6-4-5-15(11-16)23(27)28/h4-12,14,23,29H,1-3H3. The fourth-order valence-electron chi connectivity index (χ4n) is 3.93. The second kappa shape index (κ2) is 9.30. The zero-order chi connectivity index (χ0) is 24.6. The van der Waals surface area contributed by atoms with Gasteiger partial charge in [0.2, 0.25) is 0 Å². The number of hydrogen-bond acceptors (Lipinski definition) is 5. The fourth-order valence-corrected chi connectivity index (χ4v) is 4.08. The Morgan fingerprint density at radius 3 is 2.59 bits per heavy atom. The molecule has 6 nitrogen and oxygen atoms in total. The minimum absolute atomic E-state index is 0.150. The van der Waals surface area contributed by atoms with Crippen molar-refractivity contribution in [2.45, 2.75) is 26.3 Å². The van der Waals surface area contributed by atoms with Crippen LogP contribution in [0.25, 0.3) is 22.3 Å². The number of fused-ring (bicyclic) bond motifs is 1. The largest absolute Gasteiger partial charge is 0.377 e. The van der Waals surface area contributed by atoms with Crippen LogP contribution in [0.15, 0.2) is 53.3 Å². The summed E-state index contributed by atoms with van der Waals surface area (Å²) in [5.41, 5.74) is 2.62. The SMILES string of the molecule is Cc1cc(C(C)Nc2ccc(Cl)nc2C=O)c2nc(-c3cccc(C(F)F)c3)n(C)c(=O)c2c1. The van der Waals surface area contributed by atoms with Crippen LogP contribution in [-0.2, 0) is 7.05 Å². The van der Waals surface area contributed by atoms with Crippen molar-refractivity contribution in [2.24, 2.45) is 7.05 Å². The van der Waals surface area contributed by atoms with Crippen LogP contribution in [0.5, 0.6) is 0 Å². The molecule has 2 aromatic carbocycles. The number of rotatable bonds is 6. The zero-order valence-corrected chi connectivity index (χ0v) is 19.4. The summed E-state index contributed by atoms with van der Waals surface area (Å²) in [7, 11) is 1.57. The number of aryl methyl sites for hydroxylation is 1. The van der Waals surface area contributed by atoms with Crippen molar-refractivity contribution in [3.8, 4) is 11.4 Å². The maximum atomic E-state index is 13.3. The van der Waals surface area contributed by atoms with Crippen LogP contribution in [0.1, 0.15) is 46.6 Å². The number of aromatic nitrogens is 3. The van der Waals surface area contributed by atoms with Crippen molar-refractivity contribution in [2.75, 3.05) is 5.32 Å². The molecule has 2 heterocycles. The molecule has 0 saturated carbocycles. The Balaban J connectivity index is 1.89. The first kappa shape index (κ1) is 23.5. The highest BCUT2D eigenvalue weighted by Gasteiger charge is 2.19. The van der Waals surface area contributed by atoms with E-state index in [2.05, 4.69) is 10.3 Å². The summed E-state index contributed by atoms with van der Waals surface area (Å²) < 4.78 is 27.9. The van der Waals surface area contributed by atoms with Gasteiger partial charge in [0.15, 0.2) is 6.29 Å². The molecule has 2 aromatic heterocycles. The number of nitrogens with one attached hydrogen (secondary N) is 1. The van der Waals surface area contributed by atoms with E-state index in [1.54, 1.807) is 31.3 Å². The fraction of sp³-hybridized carbons (Fsp3) is 0.200. The van der Waals surface area contributed by atoms with Gasteiger partial charge in [0.05, 0.1) is 22.6 Å². The Kier molecular flexibility index (Phi) is 6.43. The minimum atomic E-state index is -2.64. The van der Waals surface area contributed by atoms with Gasteiger partial charge in [-0.2, -0.15) is 0 Å². The summed E-state index contributed by atoms with van der Waals surface area (Å²) in [5, 5.41) is 3.84. The highest BCUT2D eigenvalue weighted by molar-refractivity contribution is 6.29. The molecule has 0 aliphatic rings. The van der Waals surface area contributed by atoms with Gasteiger partial charge in [0.1, 0.15) is 16.7 Å². The van der Waals surface area contributed by atoms with Crippen molar-refractivity contribution in [1.29, 1.82) is 0 Å². The van der Waals surface area contributed by atoms with Crippen LogP contribution in [-0.4, -0.2) is 20.8 Å². The third-order valence-electron chi connectivity index (χ3n) is 5.59. The van der Waals surface area contributed by atoms with E-state index in [4.69, 9.17) is 16.6 Å². The number of pyridine rings is 1. The molecule has 0 fully saturated rings. The monoisotopic (exact) mass is 482 g/mol. The lowest BCUT2D eigenvalue weighted by Gasteiger charge is -2.20. The molecule has 34 heavy (non-hydrogen) atoms. The molecule has 0 aliphatic heterocycles. The van der Waals surface area contributed by atoms with Crippen molar-refractivity contribution in [1.82, 2.24) is 14.5 Å². The molecule has 0 bridgehead atoms. The van der Waals surface area contributed by atoms with Gasteiger partial charge in [-0.3, -0.25) is 14.2 Å². The maximum absolute atomic E-state index is 13.3. The van der Waals surface area contributed by atoms with Crippen molar-refractivity contribution >= 4 is 34.5 Å². The lowest BCUT2D eigenvalue weighted by atomic mass is 10.0. The summed E-state index contributed by atoms with van der Waals surface area (Å²) >= 11 is 5.89. The van der Waals surface area contributed by atoms with E-state index in [0.29, 0.717) is 34.0 Å². The first-order valence-corrected chi connectivity index (χ1v) is 10.9. The van der Waals surface area contributed by atoms with Crippen LogP contribution in [0.4, 0.5) is 14.5 Å². The topological polar surface area (TPSA) is 76.9 Å². The number of nitrogens with zero attached hydrogens (tertiary/aromatic N) is 3. The number of carbonyl (C=O) groups excluding carboxylic acids is 1. The predicted molar refractivity (Wildman–Crippen MR) is 129 cm³/mol. The van der Waals surface area contributed by atoms with Gasteiger partial charge < -0.3 is 5.32 Å². The number of carbonyl (C=O) groups is 1. The summed E-state index contributed by atoms with van der Waals surface area (Å²) in [6.07, 6.45) is -2.03. The number of benzene rings is 2. The van der Waals surface area contributed by atoms with E-state index in [0.717, 1.165) is 5.56 Å². The molecule has 4 rings (SSSR count). The maximum Gasteiger partial charge on any atom is 0.263 e. The van der Waals surface area contributed by atoms with E-state index in [1.165, 1.54) is 22.8 Å². The molecular weight excluding hydrogens is 462 g/mol. The third kappa shape index (κ3) is 4.41. The van der Waals surface area contributed by atoms with Gasteiger partial charge in [-0.15, -0.1) is 0 Å². The molecule has 174 valence electrons. The summed E-state index contributed by atoms with van der Waals surface area (Å²) in [5.74, 6) is 0.277. The van der Waals surface area contributed by atoms with Crippen molar-refractivity contribution in [3.05, 3.63) is 86.4 Å². The van der Waals surface area contributed by atoms with Crippen molar-refractivity contribution < 1.29 is 13.6 Å². The van der Waals surface area contributed by atoms with Crippen LogP contribution in [0.2, 0.25) is 5.15 Å². The Morgan fingerprint density at radius 2 is 1.88 bits per heavy atom. The number of alkyl halides is 2. The molecule has 0 spiro atoms. The van der Waals surface area contributed by atoms with E-state index < -0.39 is 6.43 Å². The molecule has 1 unspecified atom stereocenters. The highest BCUT2D eigenvalue weighted by Crippen LogP contribution is 2.30. The van der Waals surface area contributed by atoms with Gasteiger partial charge in [-0.25, -0.2) is 18.7 Å². The second-order valence-corrected chi connectivity index (χ2v) is 8.41. The smallest absolute Gasteiger partial charge is 0.263 e. The summed E-state index contributed by atoms with van der Waals surface area (Å²) in [6, 6.07) is 12.3. The highest BCUT2D eigenvalue weighted by atomic mass is 35.5. The Hall–Kier alpha value is -3.65. The first-order chi connectivity index (χ1) is 16.2. The number of anilines is 1. The molecule has 0 saturated heterocycles. The molecule has 0 radical (unpaired) electrons. The average Bonchev–Trinajstić information content (AvgIpc) is 2.82. The van der Waals surface area contributed by atoms with Crippen LogP contribution in [0.3, 0.4) is 0 Å². The number of aldehydes is 1. The Labute approximate surface area is 199 Å². The quantitative estimate of drug-likeness (QED) is 0.274. The predicted octanol–water partition coefficient (Wildman–Crippen LogP) is 5.88. The van der Waals surface area contributed by atoms with E-state index in [-0.39, 0.29) is 33.8 Å². The average molecular weight is 483 g/mol. The first-order valence-electron chi connectivity index (χ1n) is 10.5. The summed E-state index contributed by atoms with van der Waals surface area (Å²) in [4.78, 5) is 33.5. The second-order valence-electron chi connectivity index (χ2n) is 8.03. The Bertz CT molecular complexity index is 1470. The summed E-state index contributed by atoms with van der Waals surface area (Å²) in [6.45, 7) is 3.74. The lowest BCUT2D eigenvalue weighted by molar-refractivity contribution is 0.111. The van der Waals surface area contributed by atoms with Crippen LogP contribution in [0, 0.1) is 6.92 Å². The number of hydrogen-bond donors (Lipinski definition) is 1. The van der Waals surface area contributed by atoms with E-state index >= 15 is 0 Å². The molecule has 1 atom stereocenters. The van der Waals surface area contributed by atoms with Crippen LogP contribution < -0.4 is 10.9 Å². The number of halogens is 3. The van der Waals surface area contributed by atoms with E-state index in [9.17, 15) is 18.4 Å².